The van der Waals surface area contributed by atoms with Gasteiger partial charge in [-0.2, -0.15) is 0 Å². The van der Waals surface area contributed by atoms with Crippen molar-refractivity contribution < 1.29 is 0 Å². The summed E-state index contributed by atoms with van der Waals surface area (Å²) in [5.41, 5.74) is 3.84. The molecule has 1 aromatic carbocycles. The highest BCUT2D eigenvalue weighted by Gasteiger charge is 2.20. The second-order valence-electron chi connectivity index (χ2n) is 6.60. The van der Waals surface area contributed by atoms with Crippen LogP contribution in [-0.4, -0.2) is 15.5 Å². The van der Waals surface area contributed by atoms with Gasteiger partial charge in [-0.3, -0.25) is 4.98 Å². The highest BCUT2D eigenvalue weighted by molar-refractivity contribution is 5.46. The molecule has 0 spiro atoms. The van der Waals surface area contributed by atoms with Crippen LogP contribution >= 0.6 is 0 Å². The van der Waals surface area contributed by atoms with E-state index in [2.05, 4.69) is 60.2 Å². The maximum Gasteiger partial charge on any atom is 0.148 e. The van der Waals surface area contributed by atoms with Crippen molar-refractivity contribution in [3.63, 3.8) is 0 Å². The zero-order chi connectivity index (χ0) is 14.9. The van der Waals surface area contributed by atoms with Gasteiger partial charge in [0.1, 0.15) is 5.82 Å². The molecule has 110 valence electrons. The molecule has 4 nitrogen and oxygen atoms in total. The summed E-state index contributed by atoms with van der Waals surface area (Å²) < 4.78 is 0. The average molecular weight is 282 g/mol. The summed E-state index contributed by atoms with van der Waals surface area (Å²) >= 11 is 0. The van der Waals surface area contributed by atoms with Crippen LogP contribution in [-0.2, 0) is 19.6 Å². The van der Waals surface area contributed by atoms with E-state index in [0.717, 1.165) is 31.1 Å². The van der Waals surface area contributed by atoms with E-state index in [1.807, 2.05) is 12.4 Å². The molecule has 0 fully saturated rings. The van der Waals surface area contributed by atoms with Gasteiger partial charge < -0.3 is 10.2 Å². The smallest absolute Gasteiger partial charge is 0.148 e. The number of anilines is 1. The zero-order valence-corrected chi connectivity index (χ0v) is 12.9. The second-order valence-corrected chi connectivity index (χ2v) is 6.60. The van der Waals surface area contributed by atoms with Crippen molar-refractivity contribution >= 4 is 5.82 Å². The van der Waals surface area contributed by atoms with Crippen LogP contribution in [0.25, 0.3) is 0 Å². The van der Waals surface area contributed by atoms with Crippen LogP contribution in [0.2, 0.25) is 0 Å². The highest BCUT2D eigenvalue weighted by atomic mass is 15.2. The van der Waals surface area contributed by atoms with Crippen LogP contribution in [0, 0.1) is 0 Å². The highest BCUT2D eigenvalue weighted by Crippen LogP contribution is 2.26. The number of hydrogen-bond acceptors (Lipinski definition) is 4. The molecule has 2 aromatic rings. The molecule has 3 rings (SSSR count). The first-order valence-corrected chi connectivity index (χ1v) is 7.39. The van der Waals surface area contributed by atoms with Gasteiger partial charge >= 0.3 is 0 Å². The van der Waals surface area contributed by atoms with Gasteiger partial charge in [-0.15, -0.1) is 0 Å². The third-order valence-corrected chi connectivity index (χ3v) is 3.64. The van der Waals surface area contributed by atoms with Crippen LogP contribution in [0.15, 0.2) is 36.7 Å². The van der Waals surface area contributed by atoms with Gasteiger partial charge in [-0.25, -0.2) is 4.98 Å². The Bertz CT molecular complexity index is 606. The van der Waals surface area contributed by atoms with Gasteiger partial charge in [0.15, 0.2) is 0 Å². The van der Waals surface area contributed by atoms with Crippen LogP contribution in [0.1, 0.15) is 37.6 Å². The van der Waals surface area contributed by atoms with E-state index in [4.69, 9.17) is 4.98 Å². The number of hydrogen-bond donors (Lipinski definition) is 1. The van der Waals surface area contributed by atoms with E-state index in [1.54, 1.807) is 0 Å². The molecule has 21 heavy (non-hydrogen) atoms. The monoisotopic (exact) mass is 282 g/mol. The Morgan fingerprint density at radius 1 is 1.10 bits per heavy atom. The lowest BCUT2D eigenvalue weighted by molar-refractivity contribution is 0.421. The Morgan fingerprint density at radius 2 is 1.76 bits per heavy atom. The van der Waals surface area contributed by atoms with Crippen molar-refractivity contribution in [2.24, 2.45) is 0 Å². The third kappa shape index (κ3) is 3.39. The molecule has 0 unspecified atom stereocenters. The minimum atomic E-state index is 0.0849. The molecule has 1 aliphatic heterocycles. The lowest BCUT2D eigenvalue weighted by Gasteiger charge is -2.21. The van der Waals surface area contributed by atoms with Gasteiger partial charge in [-0.1, -0.05) is 24.3 Å². The fourth-order valence-corrected chi connectivity index (χ4v) is 2.48. The summed E-state index contributed by atoms with van der Waals surface area (Å²) in [6.07, 6.45) is 3.69. The molecule has 1 aromatic heterocycles. The fraction of sp³-hybridized carbons (Fsp3) is 0.412. The van der Waals surface area contributed by atoms with Gasteiger partial charge in [0.2, 0.25) is 0 Å². The Kier molecular flexibility index (Phi) is 3.64. The van der Waals surface area contributed by atoms with E-state index < -0.39 is 0 Å². The first-order chi connectivity index (χ1) is 10.0. The Balaban J connectivity index is 1.73. The van der Waals surface area contributed by atoms with Crippen LogP contribution < -0.4 is 10.2 Å². The molecular formula is C17H22N4. The minimum Gasteiger partial charge on any atom is -0.347 e. The minimum absolute atomic E-state index is 0.0849. The van der Waals surface area contributed by atoms with Gasteiger partial charge in [-0.05, 0) is 31.9 Å². The normalized spacial score (nSPS) is 14.3. The molecule has 0 aliphatic carbocycles. The molecule has 0 saturated carbocycles. The summed E-state index contributed by atoms with van der Waals surface area (Å²) in [5.74, 6) is 0.958. The number of rotatable bonds is 3. The fourth-order valence-electron chi connectivity index (χ4n) is 2.48. The predicted molar refractivity (Wildman–Crippen MR) is 85.0 cm³/mol. The van der Waals surface area contributed by atoms with Crippen molar-refractivity contribution in [2.45, 2.75) is 45.9 Å². The number of nitrogens with one attached hydrogen (secondary N) is 1. The zero-order valence-electron chi connectivity index (χ0n) is 12.9. The quantitative estimate of drug-likeness (QED) is 0.940. The third-order valence-electron chi connectivity index (χ3n) is 3.64. The SMILES string of the molecule is CC(C)(C)NCc1cncc(N2Cc3ccccc3C2)n1. The first-order valence-electron chi connectivity index (χ1n) is 7.39. The Labute approximate surface area is 126 Å². The summed E-state index contributed by atoms with van der Waals surface area (Å²) in [5, 5.41) is 3.45. The molecule has 2 heterocycles. The molecule has 0 amide bonds. The molecule has 1 N–H and O–H groups in total. The summed E-state index contributed by atoms with van der Waals surface area (Å²) in [4.78, 5) is 11.4. The first kappa shape index (κ1) is 14.0. The van der Waals surface area contributed by atoms with E-state index in [9.17, 15) is 0 Å². The molecular weight excluding hydrogens is 260 g/mol. The van der Waals surface area contributed by atoms with Crippen molar-refractivity contribution in [1.29, 1.82) is 0 Å². The van der Waals surface area contributed by atoms with Crippen molar-refractivity contribution in [3.8, 4) is 0 Å². The molecule has 0 bridgehead atoms. The van der Waals surface area contributed by atoms with Crippen molar-refractivity contribution in [2.75, 3.05) is 4.90 Å². The Morgan fingerprint density at radius 3 is 2.38 bits per heavy atom. The number of benzene rings is 1. The molecule has 4 heteroatoms. The van der Waals surface area contributed by atoms with E-state index in [0.29, 0.717) is 0 Å². The van der Waals surface area contributed by atoms with Crippen LogP contribution in [0.3, 0.4) is 0 Å². The second kappa shape index (κ2) is 5.45. The summed E-state index contributed by atoms with van der Waals surface area (Å²) in [6, 6.07) is 8.57. The van der Waals surface area contributed by atoms with E-state index >= 15 is 0 Å². The van der Waals surface area contributed by atoms with Gasteiger partial charge in [0.05, 0.1) is 11.9 Å². The molecule has 0 saturated heterocycles. The lowest BCUT2D eigenvalue weighted by atomic mass is 10.1. The maximum absolute atomic E-state index is 4.74. The number of aromatic nitrogens is 2. The predicted octanol–water partition coefficient (Wildman–Crippen LogP) is 2.88. The molecule has 0 radical (unpaired) electrons. The van der Waals surface area contributed by atoms with Crippen molar-refractivity contribution in [3.05, 3.63) is 53.5 Å². The largest absolute Gasteiger partial charge is 0.347 e. The van der Waals surface area contributed by atoms with Gasteiger partial charge in [0.25, 0.3) is 0 Å². The molecule has 1 aliphatic rings. The standard InChI is InChI=1S/C17H22N4/c1-17(2,3)19-9-15-8-18-10-16(20-15)21-11-13-6-4-5-7-14(13)12-21/h4-8,10,19H,9,11-12H2,1-3H3. The van der Waals surface area contributed by atoms with E-state index in [-0.39, 0.29) is 5.54 Å². The molecule has 0 atom stereocenters. The average Bonchev–Trinajstić information content (AvgIpc) is 2.89. The van der Waals surface area contributed by atoms with Crippen molar-refractivity contribution in [1.82, 2.24) is 15.3 Å². The van der Waals surface area contributed by atoms with E-state index in [1.165, 1.54) is 11.1 Å². The maximum atomic E-state index is 4.74. The lowest BCUT2D eigenvalue weighted by Crippen LogP contribution is -2.35. The van der Waals surface area contributed by atoms with Gasteiger partial charge in [0, 0.05) is 31.4 Å². The topological polar surface area (TPSA) is 41.1 Å². The number of nitrogens with zero attached hydrogens (tertiary/aromatic N) is 3. The number of fused-ring (bicyclic) bond motifs is 1. The summed E-state index contributed by atoms with van der Waals surface area (Å²) in [7, 11) is 0. The summed E-state index contributed by atoms with van der Waals surface area (Å²) in [6.45, 7) is 9.04. The van der Waals surface area contributed by atoms with Crippen LogP contribution in [0.4, 0.5) is 5.82 Å². The van der Waals surface area contributed by atoms with Crippen LogP contribution in [0.5, 0.6) is 0 Å². The Hall–Kier alpha value is -1.94.